The number of hydrogen-bond donors (Lipinski definition) is 2. The topological polar surface area (TPSA) is 58.2 Å². The van der Waals surface area contributed by atoms with Gasteiger partial charge in [0.15, 0.2) is 0 Å². The first-order valence-electron chi connectivity index (χ1n) is 8.18. The van der Waals surface area contributed by atoms with E-state index < -0.39 is 10.0 Å². The van der Waals surface area contributed by atoms with Gasteiger partial charge in [0.1, 0.15) is 0 Å². The molecular formula is C19H24N2O2S. The largest absolute Gasteiger partial charge is 0.309 e. The van der Waals surface area contributed by atoms with Crippen LogP contribution in [0.25, 0.3) is 0 Å². The normalized spacial score (nSPS) is 14.0. The standard InChI is InChI=1S/C19H24N2O2S/c1-12-7-13(2)15(4)19(14(12)3)24(22,23)21-9-16-5-6-17-10-20-11-18(17)8-16/h5-8,20-21H,9-11H2,1-4H3. The summed E-state index contributed by atoms with van der Waals surface area (Å²) in [6.45, 7) is 9.70. The predicted molar refractivity (Wildman–Crippen MR) is 96.4 cm³/mol. The molecule has 1 heterocycles. The third-order valence-electron chi connectivity index (χ3n) is 4.93. The molecule has 0 saturated heterocycles. The minimum Gasteiger partial charge on any atom is -0.309 e. The number of rotatable bonds is 4. The van der Waals surface area contributed by atoms with E-state index in [9.17, 15) is 8.42 Å². The maximum atomic E-state index is 12.9. The summed E-state index contributed by atoms with van der Waals surface area (Å²) in [4.78, 5) is 0.419. The lowest BCUT2D eigenvalue weighted by Gasteiger charge is -2.16. The van der Waals surface area contributed by atoms with Crippen LogP contribution in [-0.4, -0.2) is 8.42 Å². The van der Waals surface area contributed by atoms with Crippen molar-refractivity contribution >= 4 is 10.0 Å². The molecule has 2 aromatic rings. The van der Waals surface area contributed by atoms with Gasteiger partial charge in [-0.3, -0.25) is 0 Å². The molecule has 24 heavy (non-hydrogen) atoms. The van der Waals surface area contributed by atoms with Gasteiger partial charge in [-0.05, 0) is 66.6 Å². The zero-order valence-electron chi connectivity index (χ0n) is 14.7. The van der Waals surface area contributed by atoms with E-state index in [4.69, 9.17) is 0 Å². The SMILES string of the molecule is Cc1cc(C)c(C)c(S(=O)(=O)NCc2ccc3c(c2)CNC3)c1C. The monoisotopic (exact) mass is 344 g/mol. The van der Waals surface area contributed by atoms with Crippen LogP contribution in [-0.2, 0) is 29.7 Å². The summed E-state index contributed by atoms with van der Waals surface area (Å²) < 4.78 is 28.5. The molecule has 0 radical (unpaired) electrons. The van der Waals surface area contributed by atoms with Crippen LogP contribution >= 0.6 is 0 Å². The molecule has 0 unspecified atom stereocenters. The van der Waals surface area contributed by atoms with Crippen molar-refractivity contribution < 1.29 is 8.42 Å². The Morgan fingerprint density at radius 3 is 2.25 bits per heavy atom. The van der Waals surface area contributed by atoms with Crippen LogP contribution in [0.2, 0.25) is 0 Å². The number of fused-ring (bicyclic) bond motifs is 1. The minimum atomic E-state index is -3.54. The van der Waals surface area contributed by atoms with E-state index in [1.807, 2.05) is 39.8 Å². The van der Waals surface area contributed by atoms with Crippen LogP contribution < -0.4 is 10.0 Å². The summed E-state index contributed by atoms with van der Waals surface area (Å²) in [5, 5.41) is 3.30. The van der Waals surface area contributed by atoms with Crippen molar-refractivity contribution in [3.63, 3.8) is 0 Å². The summed E-state index contributed by atoms with van der Waals surface area (Å²) in [6, 6.07) is 8.19. The molecule has 1 aliphatic heterocycles. The lowest BCUT2D eigenvalue weighted by atomic mass is 10.0. The lowest BCUT2D eigenvalue weighted by Crippen LogP contribution is -2.25. The third-order valence-corrected chi connectivity index (χ3v) is 6.61. The molecule has 0 saturated carbocycles. The van der Waals surface area contributed by atoms with E-state index >= 15 is 0 Å². The smallest absolute Gasteiger partial charge is 0.241 e. The summed E-state index contributed by atoms with van der Waals surface area (Å²) in [5.41, 5.74) is 7.19. The first kappa shape index (κ1) is 17.1. The fourth-order valence-electron chi connectivity index (χ4n) is 3.29. The molecule has 1 aliphatic rings. The van der Waals surface area contributed by atoms with Gasteiger partial charge in [-0.1, -0.05) is 24.3 Å². The highest BCUT2D eigenvalue weighted by Gasteiger charge is 2.22. The molecule has 0 atom stereocenters. The van der Waals surface area contributed by atoms with Crippen LogP contribution in [0.15, 0.2) is 29.2 Å². The first-order valence-corrected chi connectivity index (χ1v) is 9.66. The molecule has 0 fully saturated rings. The Morgan fingerprint density at radius 1 is 0.958 bits per heavy atom. The Kier molecular flexibility index (Phi) is 4.51. The van der Waals surface area contributed by atoms with E-state index in [2.05, 4.69) is 22.2 Å². The summed E-state index contributed by atoms with van der Waals surface area (Å²) in [7, 11) is -3.54. The Labute approximate surface area is 144 Å². The molecule has 0 spiro atoms. The molecule has 2 N–H and O–H groups in total. The molecule has 0 aromatic heterocycles. The highest BCUT2D eigenvalue weighted by molar-refractivity contribution is 7.89. The van der Waals surface area contributed by atoms with Gasteiger partial charge >= 0.3 is 0 Å². The molecule has 2 aromatic carbocycles. The Balaban J connectivity index is 1.87. The Hall–Kier alpha value is -1.69. The molecule has 4 nitrogen and oxygen atoms in total. The van der Waals surface area contributed by atoms with E-state index in [1.165, 1.54) is 11.1 Å². The molecule has 5 heteroatoms. The van der Waals surface area contributed by atoms with Gasteiger partial charge in [0.05, 0.1) is 4.90 Å². The van der Waals surface area contributed by atoms with Gasteiger partial charge < -0.3 is 5.32 Å². The fraction of sp³-hybridized carbons (Fsp3) is 0.368. The summed E-state index contributed by atoms with van der Waals surface area (Å²) in [5.74, 6) is 0. The predicted octanol–water partition coefficient (Wildman–Crippen LogP) is 3.00. The molecule has 0 amide bonds. The third kappa shape index (κ3) is 3.11. The molecule has 3 rings (SSSR count). The maximum Gasteiger partial charge on any atom is 0.241 e. The molecule has 128 valence electrons. The van der Waals surface area contributed by atoms with Gasteiger partial charge in [-0.2, -0.15) is 0 Å². The van der Waals surface area contributed by atoms with Crippen molar-refractivity contribution in [3.8, 4) is 0 Å². The second-order valence-corrected chi connectivity index (χ2v) is 8.32. The van der Waals surface area contributed by atoms with Crippen LogP contribution in [0.3, 0.4) is 0 Å². The molecular weight excluding hydrogens is 320 g/mol. The van der Waals surface area contributed by atoms with Crippen molar-refractivity contribution in [2.75, 3.05) is 0 Å². The first-order chi connectivity index (χ1) is 11.3. The van der Waals surface area contributed by atoms with Crippen LogP contribution in [0.4, 0.5) is 0 Å². The highest BCUT2D eigenvalue weighted by atomic mass is 32.2. The van der Waals surface area contributed by atoms with Crippen molar-refractivity contribution in [1.82, 2.24) is 10.0 Å². The van der Waals surface area contributed by atoms with Gasteiger partial charge in [-0.15, -0.1) is 0 Å². The highest BCUT2D eigenvalue weighted by Crippen LogP contribution is 2.26. The number of hydrogen-bond acceptors (Lipinski definition) is 3. The quantitative estimate of drug-likeness (QED) is 0.896. The fourth-order valence-corrected chi connectivity index (χ4v) is 4.92. The van der Waals surface area contributed by atoms with Crippen LogP contribution in [0.1, 0.15) is 38.9 Å². The average Bonchev–Trinajstić information content (AvgIpc) is 2.99. The Bertz CT molecular complexity index is 876. The number of aryl methyl sites for hydroxylation is 2. The second kappa shape index (κ2) is 6.31. The van der Waals surface area contributed by atoms with Crippen molar-refractivity contribution in [3.05, 3.63) is 63.2 Å². The van der Waals surface area contributed by atoms with Crippen LogP contribution in [0, 0.1) is 27.7 Å². The van der Waals surface area contributed by atoms with Gasteiger partial charge in [0.2, 0.25) is 10.0 Å². The van der Waals surface area contributed by atoms with Crippen molar-refractivity contribution in [2.45, 2.75) is 52.2 Å². The zero-order chi connectivity index (χ0) is 17.5. The van der Waals surface area contributed by atoms with Crippen molar-refractivity contribution in [1.29, 1.82) is 0 Å². The maximum absolute atomic E-state index is 12.9. The van der Waals surface area contributed by atoms with Gasteiger partial charge in [0.25, 0.3) is 0 Å². The van der Waals surface area contributed by atoms with E-state index in [1.54, 1.807) is 0 Å². The minimum absolute atomic E-state index is 0.307. The van der Waals surface area contributed by atoms with E-state index in [0.29, 0.717) is 11.4 Å². The number of sulfonamides is 1. The lowest BCUT2D eigenvalue weighted by molar-refractivity contribution is 0.579. The summed E-state index contributed by atoms with van der Waals surface area (Å²) in [6.07, 6.45) is 0. The zero-order valence-corrected chi connectivity index (χ0v) is 15.5. The van der Waals surface area contributed by atoms with Gasteiger partial charge in [-0.25, -0.2) is 13.1 Å². The van der Waals surface area contributed by atoms with E-state index in [-0.39, 0.29) is 0 Å². The number of benzene rings is 2. The average molecular weight is 344 g/mol. The molecule has 0 bridgehead atoms. The second-order valence-electron chi connectivity index (χ2n) is 6.62. The molecule has 0 aliphatic carbocycles. The van der Waals surface area contributed by atoms with Crippen LogP contribution in [0.5, 0.6) is 0 Å². The van der Waals surface area contributed by atoms with Gasteiger partial charge in [0, 0.05) is 19.6 Å². The van der Waals surface area contributed by atoms with Crippen molar-refractivity contribution in [2.24, 2.45) is 0 Å². The Morgan fingerprint density at radius 2 is 1.58 bits per heavy atom. The number of nitrogens with one attached hydrogen (secondary N) is 2. The van der Waals surface area contributed by atoms with E-state index in [0.717, 1.165) is 40.9 Å². The summed E-state index contributed by atoms with van der Waals surface area (Å²) >= 11 is 0.